The maximum atomic E-state index is 15.9. The zero-order chi connectivity index (χ0) is 24.8. The Hall–Kier alpha value is -3.25. The Morgan fingerprint density at radius 1 is 1.22 bits per heavy atom. The number of halogens is 2. The van der Waals surface area contributed by atoms with Gasteiger partial charge in [0.1, 0.15) is 16.4 Å². The molecule has 0 saturated heterocycles. The van der Waals surface area contributed by atoms with Crippen molar-refractivity contribution in [2.75, 3.05) is 11.9 Å². The van der Waals surface area contributed by atoms with Gasteiger partial charge in [-0.3, -0.25) is 4.79 Å². The molecule has 2 bridgehead atoms. The minimum absolute atomic E-state index is 0.0135. The molecule has 13 heteroatoms. The van der Waals surface area contributed by atoms with Gasteiger partial charge >= 0.3 is 5.97 Å². The standard InChI is InChI=1S/C23H22ClFN8O2S/c1-2-35-23(34)15-10-3-5-11(6-4-10)17(15)30-21-16(25)19(13-8-28-33-36-13)31-20(32-21)12-7-26-22-18(12)29-14(24)9-27-22/h7-11,15,17H,2-6H2,1H3,(H,26,27)(H,30,31,32)/t10?,11?,15-,17-/m0/s1. The Labute approximate surface area is 214 Å². The first kappa shape index (κ1) is 23.2. The highest BCUT2D eigenvalue weighted by Crippen LogP contribution is 2.47. The van der Waals surface area contributed by atoms with Crippen LogP contribution in [0.5, 0.6) is 0 Å². The summed E-state index contributed by atoms with van der Waals surface area (Å²) in [6, 6.07) is -0.293. The monoisotopic (exact) mass is 528 g/mol. The number of aromatic amines is 1. The van der Waals surface area contributed by atoms with Crippen molar-refractivity contribution in [1.82, 2.24) is 34.5 Å². The quantitative estimate of drug-likeness (QED) is 0.347. The van der Waals surface area contributed by atoms with E-state index >= 15 is 4.39 Å². The van der Waals surface area contributed by atoms with Crippen LogP contribution in [0, 0.1) is 23.6 Å². The molecule has 36 heavy (non-hydrogen) atoms. The Morgan fingerprint density at radius 3 is 2.78 bits per heavy atom. The summed E-state index contributed by atoms with van der Waals surface area (Å²) >= 11 is 7.11. The first-order chi connectivity index (χ1) is 17.5. The number of fused-ring (bicyclic) bond motifs is 4. The van der Waals surface area contributed by atoms with Crippen LogP contribution in [0.1, 0.15) is 32.6 Å². The molecular weight excluding hydrogens is 507 g/mol. The maximum Gasteiger partial charge on any atom is 0.311 e. The molecule has 186 valence electrons. The first-order valence-corrected chi connectivity index (χ1v) is 13.0. The van der Waals surface area contributed by atoms with Gasteiger partial charge in [0.2, 0.25) is 0 Å². The molecular formula is C23H22ClFN8O2S. The van der Waals surface area contributed by atoms with Crippen LogP contribution in [0.3, 0.4) is 0 Å². The van der Waals surface area contributed by atoms with Crippen LogP contribution in [-0.2, 0) is 9.53 Å². The van der Waals surface area contributed by atoms with Gasteiger partial charge in [-0.2, -0.15) is 0 Å². The lowest BCUT2D eigenvalue weighted by atomic mass is 9.61. The van der Waals surface area contributed by atoms with E-state index in [1.807, 2.05) is 0 Å². The molecule has 4 aromatic rings. The Bertz CT molecular complexity index is 1420. The summed E-state index contributed by atoms with van der Waals surface area (Å²) in [5.74, 6) is -0.564. The third-order valence-electron chi connectivity index (χ3n) is 7.12. The van der Waals surface area contributed by atoms with Gasteiger partial charge in [0.25, 0.3) is 0 Å². The van der Waals surface area contributed by atoms with Crippen LogP contribution in [0.2, 0.25) is 5.15 Å². The normalized spacial score (nSPS) is 23.2. The predicted octanol–water partition coefficient (Wildman–Crippen LogP) is 4.51. The summed E-state index contributed by atoms with van der Waals surface area (Å²) < 4.78 is 25.2. The summed E-state index contributed by atoms with van der Waals surface area (Å²) in [6.45, 7) is 2.10. The topological polar surface area (TPSA) is 131 Å². The van der Waals surface area contributed by atoms with E-state index in [0.29, 0.717) is 28.2 Å². The van der Waals surface area contributed by atoms with Crippen LogP contribution < -0.4 is 5.32 Å². The first-order valence-electron chi connectivity index (χ1n) is 11.8. The van der Waals surface area contributed by atoms with Gasteiger partial charge in [-0.15, -0.1) is 5.10 Å². The van der Waals surface area contributed by atoms with E-state index < -0.39 is 5.82 Å². The fourth-order valence-electron chi connectivity index (χ4n) is 5.53. The molecule has 3 fully saturated rings. The highest BCUT2D eigenvalue weighted by atomic mass is 35.5. The van der Waals surface area contributed by atoms with Gasteiger partial charge in [-0.05, 0) is 56.0 Å². The van der Waals surface area contributed by atoms with Crippen molar-refractivity contribution in [2.24, 2.45) is 17.8 Å². The Morgan fingerprint density at radius 2 is 2.03 bits per heavy atom. The highest BCUT2D eigenvalue weighted by Gasteiger charge is 2.48. The van der Waals surface area contributed by atoms with Crippen LogP contribution in [0.4, 0.5) is 10.2 Å². The molecule has 0 unspecified atom stereocenters. The van der Waals surface area contributed by atoms with E-state index in [1.54, 1.807) is 13.1 Å². The number of ether oxygens (including phenoxy) is 1. The number of anilines is 1. The van der Waals surface area contributed by atoms with Crippen molar-refractivity contribution in [3.8, 4) is 22.0 Å². The Kier molecular flexibility index (Phi) is 6.00. The second kappa shape index (κ2) is 9.32. The van der Waals surface area contributed by atoms with Crippen LogP contribution in [0.15, 0.2) is 18.6 Å². The number of rotatable bonds is 6. The van der Waals surface area contributed by atoms with Gasteiger partial charge in [0, 0.05) is 12.2 Å². The highest BCUT2D eigenvalue weighted by molar-refractivity contribution is 7.09. The van der Waals surface area contributed by atoms with Crippen molar-refractivity contribution < 1.29 is 13.9 Å². The second-order valence-corrected chi connectivity index (χ2v) is 10.2. The third-order valence-corrected chi connectivity index (χ3v) is 7.97. The molecule has 4 heterocycles. The molecule has 7 rings (SSSR count). The van der Waals surface area contributed by atoms with Gasteiger partial charge in [0.15, 0.2) is 23.1 Å². The predicted molar refractivity (Wildman–Crippen MR) is 132 cm³/mol. The molecule has 0 aromatic carbocycles. The molecule has 4 aromatic heterocycles. The minimum atomic E-state index is -0.627. The van der Waals surface area contributed by atoms with Crippen molar-refractivity contribution in [2.45, 2.75) is 38.6 Å². The van der Waals surface area contributed by atoms with Gasteiger partial charge in [0.05, 0.1) is 35.4 Å². The lowest BCUT2D eigenvalue weighted by Crippen LogP contribution is -2.52. The second-order valence-electron chi connectivity index (χ2n) is 9.06. The number of carbonyl (C=O) groups is 1. The molecule has 3 aliphatic rings. The molecule has 3 aliphatic carbocycles. The number of H-pyrrole nitrogens is 1. The summed E-state index contributed by atoms with van der Waals surface area (Å²) in [6.07, 6.45) is 8.44. The molecule has 3 saturated carbocycles. The average molecular weight is 529 g/mol. The van der Waals surface area contributed by atoms with Crippen LogP contribution in [-0.4, -0.2) is 53.1 Å². The molecule has 2 atom stereocenters. The van der Waals surface area contributed by atoms with E-state index in [9.17, 15) is 4.79 Å². The Balaban J connectivity index is 1.46. The largest absolute Gasteiger partial charge is 0.466 e. The fraction of sp³-hybridized carbons (Fsp3) is 0.435. The summed E-state index contributed by atoms with van der Waals surface area (Å²) in [5, 5.41) is 7.35. The SMILES string of the molecule is CCOC(=O)[C@H]1C2CCC(CC2)[C@@H]1Nc1nc(-c2c[nH]c3ncc(Cl)nc23)nc(-c2cnns2)c1F. The number of carbonyl (C=O) groups excluding carboxylic acids is 1. The maximum absolute atomic E-state index is 15.9. The van der Waals surface area contributed by atoms with Gasteiger partial charge in [-0.1, -0.05) is 16.1 Å². The number of hydrogen-bond acceptors (Lipinski definition) is 10. The van der Waals surface area contributed by atoms with E-state index in [4.69, 9.17) is 16.3 Å². The molecule has 0 radical (unpaired) electrons. The van der Waals surface area contributed by atoms with Crippen molar-refractivity contribution in [3.63, 3.8) is 0 Å². The molecule has 0 amide bonds. The average Bonchev–Trinajstić information content (AvgIpc) is 3.56. The van der Waals surface area contributed by atoms with Crippen molar-refractivity contribution in [3.05, 3.63) is 29.6 Å². The number of aromatic nitrogens is 7. The number of nitrogens with zero attached hydrogens (tertiary/aromatic N) is 6. The molecule has 10 nitrogen and oxygen atoms in total. The van der Waals surface area contributed by atoms with E-state index in [2.05, 4.69) is 39.8 Å². The molecule has 0 aliphatic heterocycles. The number of nitrogens with one attached hydrogen (secondary N) is 2. The van der Waals surface area contributed by atoms with Gasteiger partial charge < -0.3 is 15.0 Å². The van der Waals surface area contributed by atoms with Crippen molar-refractivity contribution in [1.29, 1.82) is 0 Å². The zero-order valence-corrected chi connectivity index (χ0v) is 20.8. The molecule has 2 N–H and O–H groups in total. The lowest BCUT2D eigenvalue weighted by molar-refractivity contribution is -0.154. The molecule has 0 spiro atoms. The number of hydrogen-bond donors (Lipinski definition) is 2. The number of esters is 1. The summed E-state index contributed by atoms with van der Waals surface area (Å²) in [4.78, 5) is 34.1. The fourth-order valence-corrected chi connectivity index (χ4v) is 6.16. The zero-order valence-electron chi connectivity index (χ0n) is 19.2. The van der Waals surface area contributed by atoms with Crippen molar-refractivity contribution >= 4 is 46.1 Å². The third kappa shape index (κ3) is 3.97. The van der Waals surface area contributed by atoms with Crippen LogP contribution in [0.25, 0.3) is 33.1 Å². The summed E-state index contributed by atoms with van der Waals surface area (Å²) in [7, 11) is 0. The van der Waals surface area contributed by atoms with E-state index in [1.165, 1.54) is 12.4 Å². The van der Waals surface area contributed by atoms with Gasteiger partial charge in [-0.25, -0.2) is 24.3 Å². The van der Waals surface area contributed by atoms with E-state index in [0.717, 1.165) is 37.2 Å². The minimum Gasteiger partial charge on any atom is -0.466 e. The smallest absolute Gasteiger partial charge is 0.311 e. The van der Waals surface area contributed by atoms with E-state index in [-0.39, 0.29) is 52.3 Å². The summed E-state index contributed by atoms with van der Waals surface area (Å²) in [5.41, 5.74) is 1.56. The van der Waals surface area contributed by atoms with Crippen LogP contribution >= 0.6 is 23.1 Å². The lowest BCUT2D eigenvalue weighted by Gasteiger charge is -2.47.